The smallest absolute Gasteiger partial charge is 0.0585 e. The van der Waals surface area contributed by atoms with E-state index in [0.29, 0.717) is 17.8 Å². The molecule has 1 heterocycles. The predicted molar refractivity (Wildman–Crippen MR) is 82.4 cm³/mol. The van der Waals surface area contributed by atoms with Gasteiger partial charge in [-0.05, 0) is 50.8 Å². The molecule has 0 aromatic carbocycles. The van der Waals surface area contributed by atoms with Crippen LogP contribution in [0.4, 0.5) is 0 Å². The molecule has 112 valence electrons. The third kappa shape index (κ3) is 4.03. The lowest BCUT2D eigenvalue weighted by molar-refractivity contribution is 0.000451. The van der Waals surface area contributed by atoms with Crippen LogP contribution in [0.1, 0.15) is 38.1 Å². The van der Waals surface area contributed by atoms with Crippen LogP contribution < -0.4 is 0 Å². The number of pyridine rings is 1. The maximum atomic E-state index is 10.3. The number of hydrogen-bond acceptors (Lipinski definition) is 3. The van der Waals surface area contributed by atoms with Gasteiger partial charge in [-0.2, -0.15) is 0 Å². The zero-order valence-corrected chi connectivity index (χ0v) is 13.2. The highest BCUT2D eigenvalue weighted by atomic mass is 16.3. The standard InChI is InChI=1S/C17H28N2O/c1-12-8-13(2)16(17(20)9-12)11-19(4)10-15-7-5-6-14(3)18-15/h5-7,12-13,16-17,20H,8-11H2,1-4H3. The van der Waals surface area contributed by atoms with Crippen molar-refractivity contribution in [1.29, 1.82) is 0 Å². The van der Waals surface area contributed by atoms with Gasteiger partial charge in [-0.1, -0.05) is 19.9 Å². The van der Waals surface area contributed by atoms with Crippen molar-refractivity contribution >= 4 is 0 Å². The van der Waals surface area contributed by atoms with Crippen molar-refractivity contribution in [3.63, 3.8) is 0 Å². The summed E-state index contributed by atoms with van der Waals surface area (Å²) in [6.07, 6.45) is 2.03. The highest BCUT2D eigenvalue weighted by Crippen LogP contribution is 2.34. The summed E-state index contributed by atoms with van der Waals surface area (Å²) in [5.74, 6) is 1.64. The van der Waals surface area contributed by atoms with Gasteiger partial charge >= 0.3 is 0 Å². The molecule has 1 aromatic heterocycles. The van der Waals surface area contributed by atoms with Crippen LogP contribution in [-0.2, 0) is 6.54 Å². The SMILES string of the molecule is Cc1cccc(CN(C)CC2C(C)CC(C)CC2O)n1. The molecular formula is C17H28N2O. The molecule has 1 N–H and O–H groups in total. The molecule has 3 heteroatoms. The van der Waals surface area contributed by atoms with Crippen molar-refractivity contribution < 1.29 is 5.11 Å². The van der Waals surface area contributed by atoms with Gasteiger partial charge < -0.3 is 10.0 Å². The maximum Gasteiger partial charge on any atom is 0.0585 e. The molecule has 1 aliphatic carbocycles. The van der Waals surface area contributed by atoms with Gasteiger partial charge in [0.15, 0.2) is 0 Å². The average Bonchev–Trinajstić information content (AvgIpc) is 2.33. The first kappa shape index (κ1) is 15.5. The van der Waals surface area contributed by atoms with Crippen LogP contribution in [0.2, 0.25) is 0 Å². The molecule has 1 fully saturated rings. The normalized spacial score (nSPS) is 30.7. The predicted octanol–water partition coefficient (Wildman–Crippen LogP) is 2.86. The molecule has 4 unspecified atom stereocenters. The van der Waals surface area contributed by atoms with E-state index in [4.69, 9.17) is 0 Å². The Morgan fingerprint density at radius 2 is 2.05 bits per heavy atom. The van der Waals surface area contributed by atoms with Gasteiger partial charge in [-0.15, -0.1) is 0 Å². The first-order valence-corrected chi connectivity index (χ1v) is 7.75. The highest BCUT2D eigenvalue weighted by molar-refractivity contribution is 5.09. The Hall–Kier alpha value is -0.930. The van der Waals surface area contributed by atoms with E-state index >= 15 is 0 Å². The van der Waals surface area contributed by atoms with Gasteiger partial charge in [0.25, 0.3) is 0 Å². The Morgan fingerprint density at radius 1 is 1.30 bits per heavy atom. The molecule has 1 aromatic rings. The van der Waals surface area contributed by atoms with Crippen LogP contribution in [0.15, 0.2) is 18.2 Å². The molecule has 0 saturated heterocycles. The summed E-state index contributed by atoms with van der Waals surface area (Å²) >= 11 is 0. The molecule has 4 atom stereocenters. The lowest BCUT2D eigenvalue weighted by Crippen LogP contribution is -2.41. The third-order valence-electron chi connectivity index (χ3n) is 4.54. The summed E-state index contributed by atoms with van der Waals surface area (Å²) in [5.41, 5.74) is 2.18. The van der Waals surface area contributed by atoms with Crippen LogP contribution in [0.25, 0.3) is 0 Å². The fraction of sp³-hybridized carbons (Fsp3) is 0.706. The minimum atomic E-state index is -0.151. The van der Waals surface area contributed by atoms with E-state index in [1.54, 1.807) is 0 Å². The summed E-state index contributed by atoms with van der Waals surface area (Å²) in [6.45, 7) is 8.36. The summed E-state index contributed by atoms with van der Waals surface area (Å²) < 4.78 is 0. The number of aliphatic hydroxyl groups is 1. The fourth-order valence-corrected chi connectivity index (χ4v) is 3.56. The zero-order valence-electron chi connectivity index (χ0n) is 13.2. The monoisotopic (exact) mass is 276 g/mol. The number of aliphatic hydroxyl groups excluding tert-OH is 1. The first-order chi connectivity index (χ1) is 9.45. The van der Waals surface area contributed by atoms with E-state index < -0.39 is 0 Å². The molecule has 3 nitrogen and oxygen atoms in total. The quantitative estimate of drug-likeness (QED) is 0.918. The lowest BCUT2D eigenvalue weighted by Gasteiger charge is -2.38. The van der Waals surface area contributed by atoms with E-state index in [2.05, 4.69) is 42.9 Å². The first-order valence-electron chi connectivity index (χ1n) is 7.75. The van der Waals surface area contributed by atoms with E-state index in [1.807, 2.05) is 13.0 Å². The molecule has 20 heavy (non-hydrogen) atoms. The van der Waals surface area contributed by atoms with Crippen molar-refractivity contribution in [1.82, 2.24) is 9.88 Å². The van der Waals surface area contributed by atoms with E-state index in [-0.39, 0.29) is 6.10 Å². The second kappa shape index (κ2) is 6.68. The van der Waals surface area contributed by atoms with E-state index in [1.165, 1.54) is 6.42 Å². The van der Waals surface area contributed by atoms with Gasteiger partial charge in [-0.3, -0.25) is 4.98 Å². The molecule has 1 aliphatic rings. The molecule has 2 rings (SSSR count). The number of nitrogens with zero attached hydrogens (tertiary/aromatic N) is 2. The minimum absolute atomic E-state index is 0.151. The third-order valence-corrected chi connectivity index (χ3v) is 4.54. The Bertz CT molecular complexity index is 423. The summed E-state index contributed by atoms with van der Waals surface area (Å²) in [6, 6.07) is 6.16. The molecule has 0 radical (unpaired) electrons. The van der Waals surface area contributed by atoms with Crippen LogP contribution in [-0.4, -0.2) is 34.7 Å². The number of rotatable bonds is 4. The summed E-state index contributed by atoms with van der Waals surface area (Å²) in [5, 5.41) is 10.3. The molecule has 0 aliphatic heterocycles. The van der Waals surface area contributed by atoms with Crippen LogP contribution in [0, 0.1) is 24.7 Å². The van der Waals surface area contributed by atoms with E-state index in [0.717, 1.165) is 30.9 Å². The van der Waals surface area contributed by atoms with E-state index in [9.17, 15) is 5.11 Å². The van der Waals surface area contributed by atoms with Crippen LogP contribution >= 0.6 is 0 Å². The fourth-order valence-electron chi connectivity index (χ4n) is 3.56. The van der Waals surface area contributed by atoms with Crippen molar-refractivity contribution in [3.8, 4) is 0 Å². The molecule has 0 spiro atoms. The molecule has 1 saturated carbocycles. The van der Waals surface area contributed by atoms with Crippen molar-refractivity contribution in [3.05, 3.63) is 29.6 Å². The lowest BCUT2D eigenvalue weighted by atomic mass is 9.73. The number of aromatic nitrogens is 1. The van der Waals surface area contributed by atoms with Crippen molar-refractivity contribution in [2.24, 2.45) is 17.8 Å². The topological polar surface area (TPSA) is 36.4 Å². The van der Waals surface area contributed by atoms with Crippen LogP contribution in [0.5, 0.6) is 0 Å². The second-order valence-electron chi connectivity index (χ2n) is 6.75. The Labute approximate surface area is 123 Å². The van der Waals surface area contributed by atoms with Crippen LogP contribution in [0.3, 0.4) is 0 Å². The van der Waals surface area contributed by atoms with Crippen molar-refractivity contribution in [2.45, 2.75) is 46.3 Å². The largest absolute Gasteiger partial charge is 0.393 e. The summed E-state index contributed by atoms with van der Waals surface area (Å²) in [4.78, 5) is 6.85. The molecule has 0 bridgehead atoms. The van der Waals surface area contributed by atoms with Crippen molar-refractivity contribution in [2.75, 3.05) is 13.6 Å². The van der Waals surface area contributed by atoms with Gasteiger partial charge in [0.2, 0.25) is 0 Å². The highest BCUT2D eigenvalue weighted by Gasteiger charge is 2.33. The Morgan fingerprint density at radius 3 is 2.70 bits per heavy atom. The van der Waals surface area contributed by atoms with Gasteiger partial charge in [0.1, 0.15) is 0 Å². The number of aryl methyl sites for hydroxylation is 1. The maximum absolute atomic E-state index is 10.3. The van der Waals surface area contributed by atoms with Gasteiger partial charge in [0.05, 0.1) is 11.8 Å². The minimum Gasteiger partial charge on any atom is -0.393 e. The Balaban J connectivity index is 1.92. The van der Waals surface area contributed by atoms with Gasteiger partial charge in [-0.25, -0.2) is 0 Å². The summed E-state index contributed by atoms with van der Waals surface area (Å²) in [7, 11) is 2.13. The Kier molecular flexibility index (Phi) is 5.17. The molecule has 0 amide bonds. The average molecular weight is 276 g/mol. The molecular weight excluding hydrogens is 248 g/mol. The second-order valence-corrected chi connectivity index (χ2v) is 6.75. The zero-order chi connectivity index (χ0) is 14.7. The van der Waals surface area contributed by atoms with Gasteiger partial charge in [0, 0.05) is 24.7 Å². The number of hydrogen-bond donors (Lipinski definition) is 1.